The minimum atomic E-state index is 0.852. The van der Waals surface area contributed by atoms with Crippen molar-refractivity contribution in [1.29, 1.82) is 0 Å². The van der Waals surface area contributed by atoms with Gasteiger partial charge >= 0.3 is 0 Å². The van der Waals surface area contributed by atoms with Crippen molar-refractivity contribution in [2.45, 2.75) is 26.3 Å². The quantitative estimate of drug-likeness (QED) is 0.860. The summed E-state index contributed by atoms with van der Waals surface area (Å²) in [5.41, 5.74) is 2.51. The van der Waals surface area contributed by atoms with Crippen molar-refractivity contribution in [3.8, 4) is 0 Å². The van der Waals surface area contributed by atoms with Crippen LogP contribution in [0.1, 0.15) is 24.1 Å². The van der Waals surface area contributed by atoms with Gasteiger partial charge in [0.2, 0.25) is 0 Å². The van der Waals surface area contributed by atoms with Crippen LogP contribution in [-0.4, -0.2) is 36.6 Å². The third-order valence-corrected chi connectivity index (χ3v) is 3.57. The van der Waals surface area contributed by atoms with Crippen molar-refractivity contribution in [3.05, 3.63) is 29.6 Å². The molecule has 1 saturated heterocycles. The van der Waals surface area contributed by atoms with E-state index in [9.17, 15) is 0 Å². The lowest BCUT2D eigenvalue weighted by Gasteiger charge is -2.27. The van der Waals surface area contributed by atoms with E-state index in [4.69, 9.17) is 0 Å². The van der Waals surface area contributed by atoms with Gasteiger partial charge in [-0.25, -0.2) is 0 Å². The third kappa shape index (κ3) is 3.79. The molecule has 1 aliphatic rings. The second kappa shape index (κ2) is 6.12. The maximum Gasteiger partial charge on any atom is 0.0572 e. The van der Waals surface area contributed by atoms with Crippen LogP contribution in [0.25, 0.3) is 0 Å². The number of aromatic nitrogens is 1. The van der Waals surface area contributed by atoms with Crippen LogP contribution in [0.3, 0.4) is 0 Å². The Hall–Kier alpha value is -0.930. The number of hydrogen-bond donors (Lipinski definition) is 1. The largest absolute Gasteiger partial charge is 0.317 e. The van der Waals surface area contributed by atoms with Gasteiger partial charge in [0, 0.05) is 19.3 Å². The summed E-state index contributed by atoms with van der Waals surface area (Å²) in [4.78, 5) is 6.87. The van der Waals surface area contributed by atoms with Crippen molar-refractivity contribution in [1.82, 2.24) is 15.2 Å². The van der Waals surface area contributed by atoms with E-state index >= 15 is 0 Å². The summed E-state index contributed by atoms with van der Waals surface area (Å²) in [6, 6.07) is 4.15. The molecule has 2 heterocycles. The van der Waals surface area contributed by atoms with Gasteiger partial charge in [-0.2, -0.15) is 0 Å². The highest BCUT2D eigenvalue weighted by atomic mass is 15.1. The van der Waals surface area contributed by atoms with Gasteiger partial charge in [0.1, 0.15) is 0 Å². The van der Waals surface area contributed by atoms with Crippen LogP contribution in [0.5, 0.6) is 0 Å². The van der Waals surface area contributed by atoms with Gasteiger partial charge in [0.05, 0.1) is 5.69 Å². The van der Waals surface area contributed by atoms with Crippen molar-refractivity contribution in [2.24, 2.45) is 5.92 Å². The molecule has 3 nitrogen and oxygen atoms in total. The van der Waals surface area contributed by atoms with E-state index in [2.05, 4.69) is 35.2 Å². The lowest BCUT2D eigenvalue weighted by molar-refractivity contribution is 0.232. The van der Waals surface area contributed by atoms with Crippen LogP contribution in [-0.2, 0) is 6.54 Å². The first-order chi connectivity index (χ1) is 8.25. The van der Waals surface area contributed by atoms with E-state index in [1.54, 1.807) is 0 Å². The van der Waals surface area contributed by atoms with Gasteiger partial charge < -0.3 is 10.2 Å². The molecule has 1 aliphatic heterocycles. The Bertz CT molecular complexity index is 345. The summed E-state index contributed by atoms with van der Waals surface area (Å²) >= 11 is 0. The van der Waals surface area contributed by atoms with E-state index in [-0.39, 0.29) is 0 Å². The number of hydrogen-bond acceptors (Lipinski definition) is 3. The van der Waals surface area contributed by atoms with Crippen molar-refractivity contribution >= 4 is 0 Å². The average molecular weight is 233 g/mol. The minimum absolute atomic E-state index is 0.852. The molecule has 0 spiro atoms. The van der Waals surface area contributed by atoms with Gasteiger partial charge in [0.25, 0.3) is 0 Å². The van der Waals surface area contributed by atoms with Gasteiger partial charge in [0.15, 0.2) is 0 Å². The second-order valence-corrected chi connectivity index (χ2v) is 5.16. The Morgan fingerprint density at radius 1 is 1.41 bits per heavy atom. The summed E-state index contributed by atoms with van der Waals surface area (Å²) in [6.07, 6.45) is 4.51. The molecular formula is C14H23N3. The summed E-state index contributed by atoms with van der Waals surface area (Å²) in [5.74, 6) is 0.852. The molecule has 17 heavy (non-hydrogen) atoms. The first kappa shape index (κ1) is 12.5. The van der Waals surface area contributed by atoms with E-state index < -0.39 is 0 Å². The fourth-order valence-electron chi connectivity index (χ4n) is 2.51. The first-order valence-corrected chi connectivity index (χ1v) is 6.55. The fourth-order valence-corrected chi connectivity index (χ4v) is 2.51. The van der Waals surface area contributed by atoms with Crippen LogP contribution < -0.4 is 5.32 Å². The first-order valence-electron chi connectivity index (χ1n) is 6.55. The highest BCUT2D eigenvalue weighted by Crippen LogP contribution is 2.14. The normalized spacial score (nSPS) is 17.6. The van der Waals surface area contributed by atoms with Crippen molar-refractivity contribution in [3.63, 3.8) is 0 Å². The van der Waals surface area contributed by atoms with E-state index in [0.29, 0.717) is 0 Å². The standard InChI is InChI=1S/C14H23N3/c1-12-4-3-7-16-14(12)11-17(2)10-13-5-8-15-9-6-13/h3-4,7,13,15H,5-6,8-11H2,1-2H3. The monoisotopic (exact) mass is 233 g/mol. The second-order valence-electron chi connectivity index (χ2n) is 5.16. The summed E-state index contributed by atoms with van der Waals surface area (Å²) in [7, 11) is 2.20. The number of piperidine rings is 1. The summed E-state index contributed by atoms with van der Waals surface area (Å²) in [5, 5.41) is 3.42. The van der Waals surface area contributed by atoms with Crippen LogP contribution in [0.2, 0.25) is 0 Å². The molecule has 1 N–H and O–H groups in total. The maximum atomic E-state index is 4.46. The van der Waals surface area contributed by atoms with Crippen LogP contribution in [0, 0.1) is 12.8 Å². The number of nitrogens with one attached hydrogen (secondary N) is 1. The molecule has 1 aromatic rings. The molecule has 0 aliphatic carbocycles. The zero-order chi connectivity index (χ0) is 12.1. The molecule has 0 amide bonds. The fraction of sp³-hybridized carbons (Fsp3) is 0.643. The third-order valence-electron chi connectivity index (χ3n) is 3.57. The lowest BCUT2D eigenvalue weighted by atomic mass is 9.97. The topological polar surface area (TPSA) is 28.2 Å². The highest BCUT2D eigenvalue weighted by Gasteiger charge is 2.15. The molecule has 0 saturated carbocycles. The van der Waals surface area contributed by atoms with E-state index in [0.717, 1.165) is 12.5 Å². The van der Waals surface area contributed by atoms with Crippen LogP contribution in [0.15, 0.2) is 18.3 Å². The molecule has 3 heteroatoms. The van der Waals surface area contributed by atoms with Crippen LogP contribution in [0.4, 0.5) is 0 Å². The highest BCUT2D eigenvalue weighted by molar-refractivity contribution is 5.17. The van der Waals surface area contributed by atoms with E-state index in [1.807, 2.05) is 12.3 Å². The molecule has 1 aromatic heterocycles. The van der Waals surface area contributed by atoms with Gasteiger partial charge in [-0.3, -0.25) is 4.98 Å². The Kier molecular flexibility index (Phi) is 4.51. The number of rotatable bonds is 4. The van der Waals surface area contributed by atoms with Gasteiger partial charge in [-0.1, -0.05) is 6.07 Å². The number of pyridine rings is 1. The van der Waals surface area contributed by atoms with Crippen LogP contribution >= 0.6 is 0 Å². The molecule has 0 unspecified atom stereocenters. The molecule has 0 aromatic carbocycles. The number of aryl methyl sites for hydroxylation is 1. The Morgan fingerprint density at radius 3 is 2.88 bits per heavy atom. The molecule has 2 rings (SSSR count). The van der Waals surface area contributed by atoms with Crippen molar-refractivity contribution < 1.29 is 0 Å². The number of nitrogens with zero attached hydrogens (tertiary/aromatic N) is 2. The summed E-state index contributed by atoms with van der Waals surface area (Å²) in [6.45, 7) is 6.66. The smallest absolute Gasteiger partial charge is 0.0572 e. The summed E-state index contributed by atoms with van der Waals surface area (Å²) < 4.78 is 0. The SMILES string of the molecule is Cc1cccnc1CN(C)CC1CCNCC1. The maximum absolute atomic E-state index is 4.46. The molecule has 0 atom stereocenters. The molecular weight excluding hydrogens is 210 g/mol. The van der Waals surface area contributed by atoms with Crippen molar-refractivity contribution in [2.75, 3.05) is 26.7 Å². The zero-order valence-corrected chi connectivity index (χ0v) is 10.9. The average Bonchev–Trinajstić information content (AvgIpc) is 2.33. The lowest BCUT2D eigenvalue weighted by Crippen LogP contribution is -2.34. The Balaban J connectivity index is 1.84. The predicted molar refractivity (Wildman–Crippen MR) is 70.9 cm³/mol. The molecule has 0 bridgehead atoms. The van der Waals surface area contributed by atoms with Gasteiger partial charge in [-0.05, 0) is 57.5 Å². The predicted octanol–water partition coefficient (Wildman–Crippen LogP) is 1.82. The Morgan fingerprint density at radius 2 is 2.18 bits per heavy atom. The van der Waals surface area contributed by atoms with E-state index in [1.165, 1.54) is 43.7 Å². The molecule has 1 fully saturated rings. The Labute approximate surface area is 104 Å². The zero-order valence-electron chi connectivity index (χ0n) is 10.9. The molecule has 0 radical (unpaired) electrons. The molecule has 94 valence electrons. The van der Waals surface area contributed by atoms with Gasteiger partial charge in [-0.15, -0.1) is 0 Å². The minimum Gasteiger partial charge on any atom is -0.317 e.